The van der Waals surface area contributed by atoms with Crippen LogP contribution in [0.25, 0.3) is 11.0 Å². The van der Waals surface area contributed by atoms with Gasteiger partial charge in [-0.2, -0.15) is 0 Å². The first-order valence-electron chi connectivity index (χ1n) is 5.50. The van der Waals surface area contributed by atoms with E-state index < -0.39 is 0 Å². The molecule has 0 spiro atoms. The Bertz CT molecular complexity index is 490. The molecule has 0 aliphatic carbocycles. The van der Waals surface area contributed by atoms with Crippen LogP contribution in [0.1, 0.15) is 32.1 Å². The van der Waals surface area contributed by atoms with Crippen molar-refractivity contribution < 1.29 is 5.11 Å². The van der Waals surface area contributed by atoms with E-state index in [4.69, 9.17) is 5.73 Å². The number of hydrogen-bond acceptors (Lipinski definition) is 3. The van der Waals surface area contributed by atoms with Gasteiger partial charge in [-0.15, -0.1) is 0 Å². The third kappa shape index (κ3) is 2.17. The third-order valence-corrected chi connectivity index (χ3v) is 2.56. The predicted molar refractivity (Wildman–Crippen MR) is 64.1 cm³/mol. The molecule has 2 rings (SSSR count). The normalized spacial score (nSPS) is 13.5. The number of rotatable bonds is 3. The quantitative estimate of drug-likeness (QED) is 0.741. The van der Waals surface area contributed by atoms with Gasteiger partial charge in [0.15, 0.2) is 0 Å². The molecule has 86 valence electrons. The van der Waals surface area contributed by atoms with Gasteiger partial charge in [-0.05, 0) is 24.5 Å². The fourth-order valence-corrected chi connectivity index (χ4v) is 1.81. The number of phenols is 1. The maximum Gasteiger partial charge on any atom is 0.124 e. The van der Waals surface area contributed by atoms with Crippen LogP contribution in [0.2, 0.25) is 0 Å². The van der Waals surface area contributed by atoms with Crippen molar-refractivity contribution in [3.63, 3.8) is 0 Å². The zero-order valence-corrected chi connectivity index (χ0v) is 9.57. The fourth-order valence-electron chi connectivity index (χ4n) is 1.81. The van der Waals surface area contributed by atoms with Crippen molar-refractivity contribution >= 4 is 11.0 Å². The average Bonchev–Trinajstić information content (AvgIpc) is 2.59. The lowest BCUT2D eigenvalue weighted by atomic mass is 10.0. The second kappa shape index (κ2) is 4.14. The molecule has 0 aliphatic heterocycles. The monoisotopic (exact) mass is 219 g/mol. The van der Waals surface area contributed by atoms with Crippen molar-refractivity contribution in [2.45, 2.75) is 26.3 Å². The lowest BCUT2D eigenvalue weighted by molar-refractivity contribution is 0.476. The summed E-state index contributed by atoms with van der Waals surface area (Å²) in [6.07, 6.45) is 0.895. The van der Waals surface area contributed by atoms with Crippen LogP contribution < -0.4 is 5.73 Å². The highest BCUT2D eigenvalue weighted by Crippen LogP contribution is 2.22. The minimum absolute atomic E-state index is 0.0745. The lowest BCUT2D eigenvalue weighted by Crippen LogP contribution is -2.14. The Morgan fingerprint density at radius 3 is 2.88 bits per heavy atom. The van der Waals surface area contributed by atoms with Crippen molar-refractivity contribution in [2.75, 3.05) is 0 Å². The van der Waals surface area contributed by atoms with Crippen molar-refractivity contribution in [1.82, 2.24) is 9.97 Å². The molecule has 0 aliphatic rings. The number of H-pyrrole nitrogens is 1. The molecule has 1 unspecified atom stereocenters. The topological polar surface area (TPSA) is 74.9 Å². The number of phenolic OH excluding ortho intramolecular Hbond substituents is 1. The van der Waals surface area contributed by atoms with E-state index in [0.29, 0.717) is 5.92 Å². The number of nitrogens with one attached hydrogen (secondary N) is 1. The summed E-state index contributed by atoms with van der Waals surface area (Å²) in [6, 6.07) is 5.00. The summed E-state index contributed by atoms with van der Waals surface area (Å²) in [6.45, 7) is 4.27. The standard InChI is InChI=1S/C12H17N3O/c1-7(2)5-9(13)12-14-10-4-3-8(16)6-11(10)15-12/h3-4,6-7,9,16H,5,13H2,1-2H3,(H,14,15). The summed E-state index contributed by atoms with van der Waals surface area (Å²) >= 11 is 0. The van der Waals surface area contributed by atoms with Crippen LogP contribution in [0.15, 0.2) is 18.2 Å². The molecule has 16 heavy (non-hydrogen) atoms. The fraction of sp³-hybridized carbons (Fsp3) is 0.417. The molecule has 1 aromatic heterocycles. The van der Waals surface area contributed by atoms with Gasteiger partial charge in [0, 0.05) is 6.07 Å². The zero-order chi connectivity index (χ0) is 11.7. The van der Waals surface area contributed by atoms with E-state index >= 15 is 0 Å². The van der Waals surface area contributed by atoms with E-state index in [2.05, 4.69) is 23.8 Å². The summed E-state index contributed by atoms with van der Waals surface area (Å²) in [4.78, 5) is 7.56. The molecule has 0 amide bonds. The molecule has 4 N–H and O–H groups in total. The number of fused-ring (bicyclic) bond motifs is 1. The molecule has 0 saturated carbocycles. The molecule has 4 heteroatoms. The number of hydrogen-bond donors (Lipinski definition) is 3. The molecule has 2 aromatic rings. The predicted octanol–water partition coefficient (Wildman–Crippen LogP) is 2.31. The molecule has 1 aromatic carbocycles. The number of aromatic hydroxyl groups is 1. The van der Waals surface area contributed by atoms with Crippen molar-refractivity contribution in [3.05, 3.63) is 24.0 Å². The Hall–Kier alpha value is -1.55. The highest BCUT2D eigenvalue weighted by molar-refractivity contribution is 5.76. The third-order valence-electron chi connectivity index (χ3n) is 2.56. The van der Waals surface area contributed by atoms with Gasteiger partial charge in [-0.3, -0.25) is 0 Å². The Morgan fingerprint density at radius 2 is 2.19 bits per heavy atom. The van der Waals surface area contributed by atoms with Crippen LogP contribution in [-0.4, -0.2) is 15.1 Å². The van der Waals surface area contributed by atoms with Crippen LogP contribution in [-0.2, 0) is 0 Å². The minimum Gasteiger partial charge on any atom is -0.508 e. The Kier molecular flexibility index (Phi) is 2.83. The maximum atomic E-state index is 9.34. The number of nitrogens with zero attached hydrogens (tertiary/aromatic N) is 1. The number of benzene rings is 1. The lowest BCUT2D eigenvalue weighted by Gasteiger charge is -2.10. The van der Waals surface area contributed by atoms with Crippen LogP contribution in [0.5, 0.6) is 5.75 Å². The minimum atomic E-state index is -0.0745. The van der Waals surface area contributed by atoms with Gasteiger partial charge in [-0.1, -0.05) is 13.8 Å². The van der Waals surface area contributed by atoms with Crippen LogP contribution in [0, 0.1) is 5.92 Å². The molecule has 4 nitrogen and oxygen atoms in total. The Balaban J connectivity index is 2.32. The van der Waals surface area contributed by atoms with Gasteiger partial charge in [-0.25, -0.2) is 4.98 Å². The summed E-state index contributed by atoms with van der Waals surface area (Å²) in [7, 11) is 0. The zero-order valence-electron chi connectivity index (χ0n) is 9.57. The summed E-state index contributed by atoms with van der Waals surface area (Å²) in [5.41, 5.74) is 7.71. The first-order chi connectivity index (χ1) is 7.56. The van der Waals surface area contributed by atoms with Gasteiger partial charge in [0.2, 0.25) is 0 Å². The molecular formula is C12H17N3O. The molecule has 0 saturated heterocycles. The van der Waals surface area contributed by atoms with E-state index in [1.165, 1.54) is 0 Å². The number of aromatic amines is 1. The number of imidazole rings is 1. The maximum absolute atomic E-state index is 9.34. The average molecular weight is 219 g/mol. The summed E-state index contributed by atoms with van der Waals surface area (Å²) in [5, 5.41) is 9.34. The summed E-state index contributed by atoms with van der Waals surface area (Å²) < 4.78 is 0. The second-order valence-electron chi connectivity index (χ2n) is 4.56. The highest BCUT2D eigenvalue weighted by Gasteiger charge is 2.12. The molecule has 0 radical (unpaired) electrons. The van der Waals surface area contributed by atoms with Gasteiger partial charge in [0.1, 0.15) is 11.6 Å². The Labute approximate surface area is 94.5 Å². The van der Waals surface area contributed by atoms with E-state index in [1.54, 1.807) is 18.2 Å². The molecule has 0 fully saturated rings. The first kappa shape index (κ1) is 11.0. The van der Waals surface area contributed by atoms with Gasteiger partial charge in [0.25, 0.3) is 0 Å². The van der Waals surface area contributed by atoms with Gasteiger partial charge in [0.05, 0.1) is 17.1 Å². The van der Waals surface area contributed by atoms with E-state index in [-0.39, 0.29) is 11.8 Å². The first-order valence-corrected chi connectivity index (χ1v) is 5.50. The van der Waals surface area contributed by atoms with E-state index in [1.807, 2.05) is 0 Å². The SMILES string of the molecule is CC(C)CC(N)c1nc2ccc(O)cc2[nH]1. The van der Waals surface area contributed by atoms with E-state index in [0.717, 1.165) is 23.3 Å². The van der Waals surface area contributed by atoms with E-state index in [9.17, 15) is 5.11 Å². The van der Waals surface area contributed by atoms with Crippen molar-refractivity contribution in [2.24, 2.45) is 11.7 Å². The smallest absolute Gasteiger partial charge is 0.124 e. The molecule has 1 heterocycles. The van der Waals surface area contributed by atoms with Crippen LogP contribution in [0.4, 0.5) is 0 Å². The van der Waals surface area contributed by atoms with Crippen LogP contribution in [0.3, 0.4) is 0 Å². The molecule has 0 bridgehead atoms. The van der Waals surface area contributed by atoms with Gasteiger partial charge >= 0.3 is 0 Å². The van der Waals surface area contributed by atoms with Crippen molar-refractivity contribution in [1.29, 1.82) is 0 Å². The highest BCUT2D eigenvalue weighted by atomic mass is 16.3. The van der Waals surface area contributed by atoms with Crippen LogP contribution >= 0.6 is 0 Å². The Morgan fingerprint density at radius 1 is 1.44 bits per heavy atom. The molecular weight excluding hydrogens is 202 g/mol. The molecule has 1 atom stereocenters. The number of nitrogens with two attached hydrogens (primary N) is 1. The van der Waals surface area contributed by atoms with Gasteiger partial charge < -0.3 is 15.8 Å². The second-order valence-corrected chi connectivity index (χ2v) is 4.56. The number of aromatic nitrogens is 2. The summed E-state index contributed by atoms with van der Waals surface area (Å²) in [5.74, 6) is 1.56. The largest absolute Gasteiger partial charge is 0.508 e. The van der Waals surface area contributed by atoms with Crippen molar-refractivity contribution in [3.8, 4) is 5.75 Å².